The highest BCUT2D eigenvalue weighted by Gasteiger charge is 2.51. The summed E-state index contributed by atoms with van der Waals surface area (Å²) in [7, 11) is 0. The molecule has 4 aliphatic rings. The van der Waals surface area contributed by atoms with E-state index in [1.54, 1.807) is 0 Å². The van der Waals surface area contributed by atoms with Gasteiger partial charge in [-0.15, -0.1) is 0 Å². The van der Waals surface area contributed by atoms with Gasteiger partial charge in [0.05, 0.1) is 5.69 Å². The summed E-state index contributed by atoms with van der Waals surface area (Å²) in [6.45, 7) is 35.5. The Balaban J connectivity index is 1.17. The molecule has 1 aliphatic carbocycles. The van der Waals surface area contributed by atoms with Crippen molar-refractivity contribution in [3.63, 3.8) is 0 Å². The number of anilines is 8. The molecule has 0 aromatic heterocycles. The molecule has 378 valence electrons. The molecule has 0 spiro atoms. The quantitative estimate of drug-likeness (QED) is 0.159. The lowest BCUT2D eigenvalue weighted by Gasteiger charge is -2.52. The maximum Gasteiger partial charge on any atom is 0.333 e. The summed E-state index contributed by atoms with van der Waals surface area (Å²) in [4.78, 5) is 7.88. The molecule has 0 unspecified atom stereocenters. The van der Waals surface area contributed by atoms with E-state index < -0.39 is 0 Å². The largest absolute Gasteiger partial charge is 0.376 e. The summed E-state index contributed by atoms with van der Waals surface area (Å²) in [5.41, 5.74) is 27.1. The van der Waals surface area contributed by atoms with Crippen molar-refractivity contribution >= 4 is 63.3 Å². The van der Waals surface area contributed by atoms with Crippen LogP contribution in [0.25, 0.3) is 22.3 Å². The highest BCUT2D eigenvalue weighted by Crippen LogP contribution is 2.59. The smallest absolute Gasteiger partial charge is 0.333 e. The fraction of sp³-hybridized carbons (Fsp3) is 0.324. The van der Waals surface area contributed by atoms with E-state index in [-0.39, 0.29) is 39.3 Å². The first kappa shape index (κ1) is 49.1. The predicted octanol–water partition coefficient (Wildman–Crippen LogP) is 18.4. The van der Waals surface area contributed by atoms with Gasteiger partial charge in [-0.1, -0.05) is 195 Å². The normalized spacial score (nSPS) is 16.6. The van der Waals surface area contributed by atoms with Crippen molar-refractivity contribution in [2.45, 2.75) is 149 Å². The summed E-state index contributed by atoms with van der Waals surface area (Å²) >= 11 is 0. The Morgan fingerprint density at radius 1 is 0.427 bits per heavy atom. The zero-order valence-electron chi connectivity index (χ0n) is 47.4. The third-order valence-corrected chi connectivity index (χ3v) is 18.0. The fourth-order valence-electron chi connectivity index (χ4n) is 13.2. The Hall–Kier alpha value is -6.78. The summed E-state index contributed by atoms with van der Waals surface area (Å²) in [6, 6.07) is 64.0. The molecule has 8 aromatic carbocycles. The Morgan fingerprint density at radius 3 is 1.52 bits per heavy atom. The molecule has 12 rings (SSSR count). The Morgan fingerprint density at radius 2 is 0.960 bits per heavy atom. The number of hydrogen-bond donors (Lipinski definition) is 0. The average Bonchev–Trinajstić information content (AvgIpc) is 3.37. The van der Waals surface area contributed by atoms with E-state index in [1.165, 1.54) is 113 Å². The molecule has 0 fully saturated rings. The van der Waals surface area contributed by atoms with Crippen molar-refractivity contribution in [2.24, 2.45) is 0 Å². The van der Waals surface area contributed by atoms with E-state index in [0.29, 0.717) is 0 Å². The third kappa shape index (κ3) is 7.82. The van der Waals surface area contributed by atoms with Crippen LogP contribution in [0.1, 0.15) is 156 Å². The lowest BCUT2D eigenvalue weighted by molar-refractivity contribution is 0.331. The molecule has 75 heavy (non-hydrogen) atoms. The number of nitrogens with zero attached hydrogens (tertiary/aromatic N) is 3. The number of rotatable bonds is 5. The van der Waals surface area contributed by atoms with Gasteiger partial charge in [0.15, 0.2) is 0 Å². The first-order valence-electron chi connectivity index (χ1n) is 27.7. The van der Waals surface area contributed by atoms with Gasteiger partial charge in [0, 0.05) is 50.8 Å². The number of benzene rings is 8. The molecular formula is C71H76BN3. The lowest BCUT2D eigenvalue weighted by atomic mass is 9.42. The van der Waals surface area contributed by atoms with E-state index >= 15 is 0 Å². The van der Waals surface area contributed by atoms with Crippen LogP contribution in [0.3, 0.4) is 0 Å². The average molecular weight is 982 g/mol. The van der Waals surface area contributed by atoms with E-state index in [9.17, 15) is 0 Å². The number of fused-ring (bicyclic) bond motifs is 7. The molecule has 3 nitrogen and oxygen atoms in total. The molecule has 0 saturated heterocycles. The van der Waals surface area contributed by atoms with Gasteiger partial charge in [-0.3, -0.25) is 0 Å². The molecule has 0 N–H and O–H groups in total. The van der Waals surface area contributed by atoms with Gasteiger partial charge in [-0.25, -0.2) is 0 Å². The minimum atomic E-state index is -0.248. The summed E-state index contributed by atoms with van der Waals surface area (Å²) in [5.74, 6) is 0. The van der Waals surface area contributed by atoms with Gasteiger partial charge in [-0.05, 0) is 179 Å². The Bertz CT molecular complexity index is 3500. The molecular weight excluding hydrogens is 906 g/mol. The van der Waals surface area contributed by atoms with Crippen LogP contribution in [0.4, 0.5) is 45.5 Å². The summed E-state index contributed by atoms with van der Waals surface area (Å²) in [6.07, 6.45) is 2.35. The van der Waals surface area contributed by atoms with Gasteiger partial charge in [0.2, 0.25) is 0 Å². The van der Waals surface area contributed by atoms with Gasteiger partial charge in [0.1, 0.15) is 0 Å². The van der Waals surface area contributed by atoms with Crippen LogP contribution in [0, 0.1) is 0 Å². The molecule has 3 heterocycles. The predicted molar refractivity (Wildman–Crippen MR) is 324 cm³/mol. The summed E-state index contributed by atoms with van der Waals surface area (Å²) < 4.78 is 0. The van der Waals surface area contributed by atoms with E-state index in [1.807, 2.05) is 0 Å². The first-order valence-corrected chi connectivity index (χ1v) is 27.7. The summed E-state index contributed by atoms with van der Waals surface area (Å²) in [5, 5.41) is 0. The molecule has 4 heteroatoms. The number of para-hydroxylation sites is 1. The van der Waals surface area contributed by atoms with Gasteiger partial charge in [-0.2, -0.15) is 0 Å². The minimum absolute atomic E-state index is 0.0201. The van der Waals surface area contributed by atoms with Crippen molar-refractivity contribution in [2.75, 3.05) is 14.6 Å². The topological polar surface area (TPSA) is 9.72 Å². The highest BCUT2D eigenvalue weighted by molar-refractivity contribution is 6.93. The minimum Gasteiger partial charge on any atom is -0.376 e. The van der Waals surface area contributed by atoms with Crippen LogP contribution in [-0.4, -0.2) is 6.85 Å². The van der Waals surface area contributed by atoms with Crippen LogP contribution >= 0.6 is 0 Å². The van der Waals surface area contributed by atoms with Crippen LogP contribution < -0.4 is 25.5 Å². The number of hydrogen-bond acceptors (Lipinski definition) is 3. The Kier molecular flexibility index (Phi) is 10.9. The third-order valence-electron chi connectivity index (χ3n) is 18.0. The Labute approximate surface area is 449 Å². The van der Waals surface area contributed by atoms with Crippen molar-refractivity contribution in [1.82, 2.24) is 0 Å². The van der Waals surface area contributed by atoms with Gasteiger partial charge < -0.3 is 14.6 Å². The van der Waals surface area contributed by atoms with Crippen LogP contribution in [0.5, 0.6) is 0 Å². The van der Waals surface area contributed by atoms with E-state index in [4.69, 9.17) is 0 Å². The van der Waals surface area contributed by atoms with Crippen LogP contribution in [-0.2, 0) is 32.5 Å². The zero-order valence-corrected chi connectivity index (χ0v) is 47.4. The van der Waals surface area contributed by atoms with E-state index in [2.05, 4.69) is 282 Å². The SMILES string of the molecule is CC(C)(C)c1ccc(N2B3c4cccc5c4N(c4cc6c(cc4C5(C)C)C(C)(C)CCC6(C)C)c4cc(-c5ccccc5)cc(c43)-c3cc(N(c4ccc(C(C)(C)C)cc4)c4ccc(C(C)(C)C)cc4)ccc32)cc1. The first-order chi connectivity index (χ1) is 35.3. The fourth-order valence-corrected chi connectivity index (χ4v) is 13.2. The van der Waals surface area contributed by atoms with Crippen molar-refractivity contribution < 1.29 is 0 Å². The lowest BCUT2D eigenvalue weighted by Crippen LogP contribution is -2.62. The molecule has 0 amide bonds. The second-order valence-corrected chi connectivity index (χ2v) is 27.4. The van der Waals surface area contributed by atoms with Crippen molar-refractivity contribution in [3.8, 4) is 22.3 Å². The molecule has 0 bridgehead atoms. The van der Waals surface area contributed by atoms with Gasteiger partial charge in [0.25, 0.3) is 0 Å². The zero-order chi connectivity index (χ0) is 52.9. The molecule has 0 saturated carbocycles. The molecule has 0 atom stereocenters. The molecule has 8 aromatic rings. The van der Waals surface area contributed by atoms with Crippen LogP contribution in [0.15, 0.2) is 164 Å². The van der Waals surface area contributed by atoms with Gasteiger partial charge >= 0.3 is 6.85 Å². The highest BCUT2D eigenvalue weighted by atomic mass is 15.2. The maximum absolute atomic E-state index is 2.72. The standard InChI is InChI=1S/C71H76BN3/c1-66(2,3)47-24-30-50(31-25-47)73(51-32-26-48(27-33-51)67(4,5)6)53-36-37-61-54(42-53)55-40-46(45-20-17-16-18-21-45)41-63-64(55)72(75(61)52-34-28-49(29-35-52)68(7,8)9)60-23-19-22-56-65(60)74(63)62-44-58-57(43-59(62)71(56,14)15)69(10,11)38-39-70(58,12)13/h16-37,40-44H,38-39H2,1-15H3. The van der Waals surface area contributed by atoms with Crippen molar-refractivity contribution in [3.05, 3.63) is 203 Å². The maximum atomic E-state index is 2.72. The van der Waals surface area contributed by atoms with Crippen molar-refractivity contribution in [1.29, 1.82) is 0 Å². The van der Waals surface area contributed by atoms with Crippen LogP contribution in [0.2, 0.25) is 0 Å². The molecule has 0 radical (unpaired) electrons. The second-order valence-electron chi connectivity index (χ2n) is 27.4. The molecule has 3 aliphatic heterocycles. The van der Waals surface area contributed by atoms with E-state index in [0.717, 1.165) is 17.1 Å². The monoisotopic (exact) mass is 982 g/mol. The second kappa shape index (κ2) is 16.6.